The first-order valence-corrected chi connectivity index (χ1v) is 34.3. The van der Waals surface area contributed by atoms with Gasteiger partial charge in [-0.05, 0) is 0 Å². The third-order valence-corrected chi connectivity index (χ3v) is 69.6. The molecule has 0 radical (unpaired) electrons. The van der Waals surface area contributed by atoms with Crippen LogP contribution in [-0.4, -0.2) is 5.49 Å². The topological polar surface area (TPSA) is 0 Å². The Bertz CT molecular complexity index is 1670. The molecule has 2 aliphatic rings. The van der Waals surface area contributed by atoms with E-state index < -0.39 is 22.6 Å². The molecule has 6 rings (SSSR count). The van der Waals surface area contributed by atoms with E-state index in [1.807, 2.05) is 24.3 Å². The Morgan fingerprint density at radius 1 is 0.571 bits per heavy atom. The molecule has 42 heavy (non-hydrogen) atoms. The molecule has 0 heterocycles. The first kappa shape index (κ1) is 30.1. The molecule has 0 fully saturated rings. The number of rotatable bonds is 6. The maximum atomic E-state index is 6.27. The van der Waals surface area contributed by atoms with Gasteiger partial charge in [0.2, 0.25) is 0 Å². The summed E-state index contributed by atoms with van der Waals surface area (Å²) in [6.45, 7) is 10.1. The molecule has 0 saturated carbocycles. The molecule has 4 aromatic rings. The van der Waals surface area contributed by atoms with Gasteiger partial charge in [-0.3, -0.25) is 0 Å². The number of allylic oxidation sites excluding steroid dienone is 2. The molecule has 2 aliphatic carbocycles. The van der Waals surface area contributed by atoms with Crippen LogP contribution in [0.3, 0.4) is 0 Å². The number of hydrogen-bond acceptors (Lipinski definition) is 0. The quantitative estimate of drug-likeness (QED) is 0.171. The fourth-order valence-electron chi connectivity index (χ4n) is 9.03. The van der Waals surface area contributed by atoms with Gasteiger partial charge in [-0.25, -0.2) is 0 Å². The zero-order chi connectivity index (χ0) is 29.8. The zero-order valence-electron chi connectivity index (χ0n) is 25.5. The van der Waals surface area contributed by atoms with Crippen LogP contribution in [0.2, 0.25) is 30.5 Å². The van der Waals surface area contributed by atoms with Crippen molar-refractivity contribution >= 4 is 40.8 Å². The summed E-state index contributed by atoms with van der Waals surface area (Å²) in [5.74, 6) is 0. The molecule has 2 unspecified atom stereocenters. The van der Waals surface area contributed by atoms with Gasteiger partial charge < -0.3 is 0 Å². The molecule has 0 amide bonds. The van der Waals surface area contributed by atoms with Gasteiger partial charge in [-0.1, -0.05) is 0 Å². The molecular formula is C38H40Cl2HfSi. The summed E-state index contributed by atoms with van der Waals surface area (Å²) < 4.78 is 6.71. The summed E-state index contributed by atoms with van der Waals surface area (Å²) in [5, 5.41) is 1.56. The van der Waals surface area contributed by atoms with Crippen LogP contribution in [0.1, 0.15) is 57.3 Å². The number of fused-ring (bicyclic) bond motifs is 2. The van der Waals surface area contributed by atoms with Gasteiger partial charge in [-0.2, -0.15) is 0 Å². The second-order valence-corrected chi connectivity index (χ2v) is 60.1. The van der Waals surface area contributed by atoms with E-state index in [4.69, 9.17) is 23.2 Å². The standard InChI is InChI=1S/2C15H10Cl.C6H14Si.2CH3.Hf/c2*16-13-9-7-12(8-10-13)15-6-2-4-11-3-1-5-14(11)15;1-5(2)7-6(3)4;;;/h2*1-10H;5-6H,1-4H3;2*1H3;. The molecule has 0 N–H and O–H groups in total. The average molecular weight is 774 g/mol. The maximum absolute atomic E-state index is 6.27. The van der Waals surface area contributed by atoms with E-state index in [0.717, 1.165) is 10.0 Å². The Balaban J connectivity index is 1.59. The van der Waals surface area contributed by atoms with Crippen LogP contribution < -0.4 is 0 Å². The van der Waals surface area contributed by atoms with Crippen molar-refractivity contribution in [1.82, 2.24) is 0 Å². The summed E-state index contributed by atoms with van der Waals surface area (Å²) >= 11 is 8.57. The van der Waals surface area contributed by atoms with Crippen LogP contribution in [0, 0.1) is 0 Å². The van der Waals surface area contributed by atoms with Crippen LogP contribution in [0.15, 0.2) is 97.1 Å². The van der Waals surface area contributed by atoms with Crippen LogP contribution in [0.5, 0.6) is 0 Å². The third kappa shape index (κ3) is 4.82. The average Bonchev–Trinajstić information content (AvgIpc) is 3.60. The summed E-state index contributed by atoms with van der Waals surface area (Å²) in [7, 11) is 0. The van der Waals surface area contributed by atoms with E-state index in [-0.39, 0.29) is 0 Å². The van der Waals surface area contributed by atoms with E-state index in [1.165, 1.54) is 33.4 Å². The van der Waals surface area contributed by atoms with E-state index in [1.54, 1.807) is 11.1 Å². The molecule has 0 aromatic heterocycles. The van der Waals surface area contributed by atoms with Crippen LogP contribution in [-0.2, 0) is 17.1 Å². The number of halogens is 2. The second-order valence-electron chi connectivity index (χ2n) is 13.7. The van der Waals surface area contributed by atoms with E-state index >= 15 is 0 Å². The molecule has 0 saturated heterocycles. The summed E-state index contributed by atoms with van der Waals surface area (Å²) in [6, 6.07) is 30.7. The Morgan fingerprint density at radius 2 is 0.952 bits per heavy atom. The molecule has 4 heteroatoms. The fraction of sp³-hybridized carbons (Fsp3) is 0.263. The van der Waals surface area contributed by atoms with Crippen LogP contribution >= 0.6 is 23.2 Å². The minimum atomic E-state index is -3.97. The Labute approximate surface area is 263 Å². The Hall–Kier alpha value is -1.97. The van der Waals surface area contributed by atoms with E-state index in [0.29, 0.717) is 18.4 Å². The summed E-state index contributed by atoms with van der Waals surface area (Å²) in [5.41, 5.74) is 11.7. The van der Waals surface area contributed by atoms with Gasteiger partial charge in [0.1, 0.15) is 0 Å². The molecular weight excluding hydrogens is 734 g/mol. The van der Waals surface area contributed by atoms with Gasteiger partial charge in [0.05, 0.1) is 0 Å². The van der Waals surface area contributed by atoms with Crippen molar-refractivity contribution in [3.63, 3.8) is 0 Å². The molecule has 2 atom stereocenters. The van der Waals surface area contributed by atoms with Crippen LogP contribution in [0.25, 0.3) is 34.4 Å². The molecule has 214 valence electrons. The molecule has 4 aromatic carbocycles. The minimum absolute atomic E-state index is 0.503. The molecule has 0 nitrogen and oxygen atoms in total. The van der Waals surface area contributed by atoms with Crippen molar-refractivity contribution in [2.24, 2.45) is 0 Å². The van der Waals surface area contributed by atoms with Crippen LogP contribution in [0.4, 0.5) is 0 Å². The van der Waals surface area contributed by atoms with Crippen molar-refractivity contribution in [1.29, 1.82) is 0 Å². The van der Waals surface area contributed by atoms with E-state index in [2.05, 4.69) is 122 Å². The zero-order valence-corrected chi connectivity index (χ0v) is 31.6. The van der Waals surface area contributed by atoms with Gasteiger partial charge in [-0.15, -0.1) is 0 Å². The summed E-state index contributed by atoms with van der Waals surface area (Å²) in [4.78, 5) is 0. The molecule has 0 spiro atoms. The second kappa shape index (κ2) is 11.2. The van der Waals surface area contributed by atoms with Crippen molar-refractivity contribution in [2.75, 3.05) is 0 Å². The molecule has 0 bridgehead atoms. The van der Waals surface area contributed by atoms with Crippen molar-refractivity contribution in [2.45, 2.75) is 55.5 Å². The van der Waals surface area contributed by atoms with Crippen molar-refractivity contribution in [3.8, 4) is 22.3 Å². The monoisotopic (exact) mass is 774 g/mol. The van der Waals surface area contributed by atoms with Gasteiger partial charge in [0, 0.05) is 0 Å². The first-order valence-electron chi connectivity index (χ1n) is 15.2. The summed E-state index contributed by atoms with van der Waals surface area (Å²) in [6.07, 6.45) is 10.2. The normalized spacial score (nSPS) is 17.7. The van der Waals surface area contributed by atoms with Gasteiger partial charge in [0.15, 0.2) is 0 Å². The van der Waals surface area contributed by atoms with E-state index in [9.17, 15) is 0 Å². The Morgan fingerprint density at radius 3 is 1.31 bits per heavy atom. The fourth-order valence-corrected chi connectivity index (χ4v) is 81.1. The number of hydrogen-bond donors (Lipinski definition) is 0. The first-order chi connectivity index (χ1) is 20.0. The Kier molecular flexibility index (Phi) is 8.01. The number of benzene rings is 4. The SMILES string of the molecule is CC(C)[Si](C(C)C)=[Hf]([CH3])([CH3])([CH]1C=Cc2c(-c3ccc(Cl)cc3)cccc21)[CH]1C=Cc2c(-c3ccc(Cl)cc3)cccc21. The predicted molar refractivity (Wildman–Crippen MR) is 185 cm³/mol. The van der Waals surface area contributed by atoms with Crippen molar-refractivity contribution < 1.29 is 17.1 Å². The van der Waals surface area contributed by atoms with Crippen molar-refractivity contribution in [3.05, 3.63) is 129 Å². The van der Waals surface area contributed by atoms with Gasteiger partial charge in [0.25, 0.3) is 0 Å². The third-order valence-electron chi connectivity index (χ3n) is 10.2. The predicted octanol–water partition coefficient (Wildman–Crippen LogP) is 12.8. The van der Waals surface area contributed by atoms with Gasteiger partial charge >= 0.3 is 265 Å². The molecule has 0 aliphatic heterocycles.